The topological polar surface area (TPSA) is 48.5 Å². The summed E-state index contributed by atoms with van der Waals surface area (Å²) in [6.45, 7) is 5.51. The Morgan fingerprint density at radius 1 is 1.11 bits per heavy atom. The molecule has 0 aliphatic carbocycles. The van der Waals surface area contributed by atoms with Crippen molar-refractivity contribution in [2.75, 3.05) is 44.2 Å². The van der Waals surface area contributed by atoms with Crippen LogP contribution < -0.4 is 10.2 Å². The number of nitrogens with zero attached hydrogens (tertiary/aromatic N) is 3. The maximum atomic E-state index is 12.1. The Bertz CT molecular complexity index is 875. The highest BCUT2D eigenvalue weighted by atomic mass is 79.9. The largest absolute Gasteiger partial charge is 0.350 e. The molecule has 1 aliphatic heterocycles. The number of carbonyl (C=O) groups excluding carboxylic acids is 1. The maximum Gasteiger partial charge on any atom is 0.261 e. The second kappa shape index (κ2) is 9.34. The molecule has 144 valence electrons. The summed E-state index contributed by atoms with van der Waals surface area (Å²) in [5, 5.41) is 4.12. The first-order valence-electron chi connectivity index (χ1n) is 8.55. The van der Waals surface area contributed by atoms with Crippen LogP contribution in [0.15, 0.2) is 40.2 Å². The molecule has 1 aliphatic rings. The predicted molar refractivity (Wildman–Crippen MR) is 120 cm³/mol. The Morgan fingerprint density at radius 2 is 1.89 bits per heavy atom. The molecular weight excluding hydrogens is 468 g/mol. The van der Waals surface area contributed by atoms with Crippen LogP contribution in [0.3, 0.4) is 0 Å². The summed E-state index contributed by atoms with van der Waals surface area (Å²) in [5.41, 5.74) is 1.08. The van der Waals surface area contributed by atoms with E-state index in [1.54, 1.807) is 11.3 Å². The molecule has 1 N–H and O–H groups in total. The molecule has 27 heavy (non-hydrogen) atoms. The van der Waals surface area contributed by atoms with Crippen LogP contribution in [-0.2, 0) is 0 Å². The lowest BCUT2D eigenvalue weighted by Crippen LogP contribution is -2.48. The Labute approximate surface area is 180 Å². The van der Waals surface area contributed by atoms with Gasteiger partial charge in [-0.05, 0) is 40.2 Å². The fourth-order valence-electron chi connectivity index (χ4n) is 3.01. The molecule has 0 saturated carbocycles. The number of benzene rings is 1. The molecular formula is C18H20BrClN4OS2. The quantitative estimate of drug-likeness (QED) is 0.589. The average Bonchev–Trinajstić information content (AvgIpc) is 3.28. The van der Waals surface area contributed by atoms with E-state index in [-0.39, 0.29) is 18.3 Å². The molecule has 0 unspecified atom stereocenters. The van der Waals surface area contributed by atoms with Gasteiger partial charge in [0.25, 0.3) is 5.91 Å². The van der Waals surface area contributed by atoms with Gasteiger partial charge in [0.2, 0.25) is 0 Å². The number of para-hydroxylation sites is 1. The monoisotopic (exact) mass is 486 g/mol. The van der Waals surface area contributed by atoms with Crippen molar-refractivity contribution in [3.8, 4) is 0 Å². The number of halogens is 2. The van der Waals surface area contributed by atoms with Crippen LogP contribution in [0.5, 0.6) is 0 Å². The smallest absolute Gasteiger partial charge is 0.261 e. The van der Waals surface area contributed by atoms with Gasteiger partial charge in [0.15, 0.2) is 5.13 Å². The number of piperazine rings is 1. The van der Waals surface area contributed by atoms with Crippen LogP contribution in [0.4, 0.5) is 5.13 Å². The van der Waals surface area contributed by atoms with E-state index in [1.165, 1.54) is 16.0 Å². The lowest BCUT2D eigenvalue weighted by atomic mass is 10.3. The molecule has 1 aromatic carbocycles. The number of hydrogen-bond donors (Lipinski definition) is 1. The minimum absolute atomic E-state index is 0. The van der Waals surface area contributed by atoms with Gasteiger partial charge in [-0.15, -0.1) is 23.7 Å². The maximum absolute atomic E-state index is 12.1. The third-order valence-corrected chi connectivity index (χ3v) is 7.16. The van der Waals surface area contributed by atoms with Crippen molar-refractivity contribution in [3.63, 3.8) is 0 Å². The standard InChI is InChI=1S/C18H19BrN4OS2.ClH/c19-16-6-5-15(25-16)17(24)20-7-8-22-9-11-23(12-10-22)18-21-13-3-1-2-4-14(13)26-18;/h1-6H,7-12H2,(H,20,24);1H. The van der Waals surface area contributed by atoms with E-state index in [1.807, 2.05) is 18.2 Å². The van der Waals surface area contributed by atoms with Crippen LogP contribution in [0.1, 0.15) is 9.67 Å². The second-order valence-electron chi connectivity index (χ2n) is 6.15. The van der Waals surface area contributed by atoms with Gasteiger partial charge in [0, 0.05) is 39.3 Å². The fraction of sp³-hybridized carbons (Fsp3) is 0.333. The Kier molecular flexibility index (Phi) is 7.10. The molecule has 4 rings (SSSR count). The zero-order chi connectivity index (χ0) is 17.9. The van der Waals surface area contributed by atoms with Crippen molar-refractivity contribution in [1.82, 2.24) is 15.2 Å². The number of hydrogen-bond acceptors (Lipinski definition) is 6. The van der Waals surface area contributed by atoms with Crippen molar-refractivity contribution >= 4 is 72.3 Å². The number of rotatable bonds is 5. The molecule has 9 heteroatoms. The third kappa shape index (κ3) is 5.00. The lowest BCUT2D eigenvalue weighted by molar-refractivity contribution is 0.0952. The molecule has 0 radical (unpaired) electrons. The van der Waals surface area contributed by atoms with E-state index in [2.05, 4.69) is 49.2 Å². The van der Waals surface area contributed by atoms with Crippen molar-refractivity contribution in [2.45, 2.75) is 0 Å². The summed E-state index contributed by atoms with van der Waals surface area (Å²) in [4.78, 5) is 22.3. The van der Waals surface area contributed by atoms with Crippen LogP contribution in [-0.4, -0.2) is 55.1 Å². The highest BCUT2D eigenvalue weighted by molar-refractivity contribution is 9.11. The molecule has 0 bridgehead atoms. The van der Waals surface area contributed by atoms with E-state index < -0.39 is 0 Å². The molecule has 0 atom stereocenters. The highest BCUT2D eigenvalue weighted by Crippen LogP contribution is 2.29. The first-order valence-corrected chi connectivity index (χ1v) is 11.0. The summed E-state index contributed by atoms with van der Waals surface area (Å²) in [5.74, 6) is 0.00816. The van der Waals surface area contributed by atoms with E-state index in [0.717, 1.165) is 52.0 Å². The first kappa shape index (κ1) is 20.5. The molecule has 5 nitrogen and oxygen atoms in total. The van der Waals surface area contributed by atoms with Gasteiger partial charge in [-0.3, -0.25) is 9.69 Å². The van der Waals surface area contributed by atoms with Crippen molar-refractivity contribution in [3.05, 3.63) is 45.1 Å². The SMILES string of the molecule is Cl.O=C(NCCN1CCN(c2nc3ccccc3s2)CC1)c1ccc(Br)s1. The molecule has 2 aromatic heterocycles. The zero-order valence-corrected chi connectivity index (χ0v) is 18.6. The summed E-state index contributed by atoms with van der Waals surface area (Å²) < 4.78 is 2.22. The zero-order valence-electron chi connectivity index (χ0n) is 14.6. The van der Waals surface area contributed by atoms with Crippen LogP contribution in [0, 0.1) is 0 Å². The molecule has 1 amide bonds. The second-order valence-corrected chi connectivity index (χ2v) is 9.62. The van der Waals surface area contributed by atoms with Crippen molar-refractivity contribution < 1.29 is 4.79 Å². The Balaban J connectivity index is 0.00000210. The summed E-state index contributed by atoms with van der Waals surface area (Å²) in [6.07, 6.45) is 0. The highest BCUT2D eigenvalue weighted by Gasteiger charge is 2.19. The van der Waals surface area contributed by atoms with Crippen LogP contribution in [0.25, 0.3) is 10.2 Å². The number of thiazole rings is 1. The van der Waals surface area contributed by atoms with E-state index in [9.17, 15) is 4.79 Å². The Morgan fingerprint density at radius 3 is 2.59 bits per heavy atom. The van der Waals surface area contributed by atoms with Gasteiger partial charge in [-0.25, -0.2) is 4.98 Å². The average molecular weight is 488 g/mol. The first-order chi connectivity index (χ1) is 12.7. The minimum Gasteiger partial charge on any atom is -0.350 e. The van der Waals surface area contributed by atoms with Crippen LogP contribution >= 0.6 is 51.0 Å². The summed E-state index contributed by atoms with van der Waals surface area (Å²) >= 11 is 6.61. The number of aromatic nitrogens is 1. The van der Waals surface area contributed by atoms with Gasteiger partial charge in [-0.2, -0.15) is 0 Å². The molecule has 1 saturated heterocycles. The number of fused-ring (bicyclic) bond motifs is 1. The number of anilines is 1. The number of carbonyl (C=O) groups is 1. The molecule has 3 heterocycles. The van der Waals surface area contributed by atoms with Crippen molar-refractivity contribution in [2.24, 2.45) is 0 Å². The Hall–Kier alpha value is -1.19. The molecule has 3 aromatic rings. The van der Waals surface area contributed by atoms with Gasteiger partial charge < -0.3 is 10.2 Å². The normalized spacial score (nSPS) is 14.9. The van der Waals surface area contributed by atoms with Gasteiger partial charge >= 0.3 is 0 Å². The van der Waals surface area contributed by atoms with E-state index in [0.29, 0.717) is 6.54 Å². The molecule has 1 fully saturated rings. The van der Waals surface area contributed by atoms with Crippen LogP contribution in [0.2, 0.25) is 0 Å². The van der Waals surface area contributed by atoms with E-state index >= 15 is 0 Å². The number of thiophene rings is 1. The fourth-order valence-corrected chi connectivity index (χ4v) is 5.33. The number of amides is 1. The van der Waals surface area contributed by atoms with Crippen molar-refractivity contribution in [1.29, 1.82) is 0 Å². The van der Waals surface area contributed by atoms with E-state index in [4.69, 9.17) is 4.98 Å². The lowest BCUT2D eigenvalue weighted by Gasteiger charge is -2.34. The third-order valence-electron chi connectivity index (χ3n) is 4.44. The van der Waals surface area contributed by atoms with Gasteiger partial charge in [0.05, 0.1) is 18.9 Å². The molecule has 0 spiro atoms. The predicted octanol–water partition coefficient (Wildman–Crippen LogP) is 4.09. The minimum atomic E-state index is 0. The summed E-state index contributed by atoms with van der Waals surface area (Å²) in [7, 11) is 0. The van der Waals surface area contributed by atoms with Gasteiger partial charge in [0.1, 0.15) is 0 Å². The summed E-state index contributed by atoms with van der Waals surface area (Å²) in [6, 6.07) is 12.0. The number of nitrogens with one attached hydrogen (secondary N) is 1. The van der Waals surface area contributed by atoms with Gasteiger partial charge in [-0.1, -0.05) is 23.5 Å².